The molecule has 0 fully saturated rings. The van der Waals surface area contributed by atoms with E-state index in [0.29, 0.717) is 12.4 Å². The van der Waals surface area contributed by atoms with Gasteiger partial charge in [-0.15, -0.1) is 0 Å². The minimum Gasteiger partial charge on any atom is -0.368 e. The second-order valence-electron chi connectivity index (χ2n) is 2.96. The number of nitrogens with zero attached hydrogens (tertiary/aromatic N) is 4. The van der Waals surface area contributed by atoms with Gasteiger partial charge >= 0.3 is 0 Å². The van der Waals surface area contributed by atoms with E-state index in [0.717, 1.165) is 6.20 Å². The van der Waals surface area contributed by atoms with Gasteiger partial charge in [-0.25, -0.2) is 19.3 Å². The summed E-state index contributed by atoms with van der Waals surface area (Å²) in [6.07, 6.45) is 4.40. The van der Waals surface area contributed by atoms with Crippen LogP contribution in [-0.2, 0) is 6.54 Å². The van der Waals surface area contributed by atoms with Gasteiger partial charge in [-0.2, -0.15) is 0 Å². The third-order valence-corrected chi connectivity index (χ3v) is 2.03. The minimum absolute atomic E-state index is 0.0389. The summed E-state index contributed by atoms with van der Waals surface area (Å²) >= 11 is 0. The van der Waals surface area contributed by atoms with Crippen LogP contribution < -0.4 is 5.73 Å². The van der Waals surface area contributed by atoms with E-state index in [4.69, 9.17) is 5.73 Å². The van der Waals surface area contributed by atoms with Crippen LogP contribution in [0.5, 0.6) is 0 Å². The molecule has 6 heteroatoms. The molecule has 0 aliphatic carbocycles. The summed E-state index contributed by atoms with van der Waals surface area (Å²) in [5.74, 6) is -0.0220. The highest BCUT2D eigenvalue weighted by Crippen LogP contribution is 2.18. The Hall–Kier alpha value is -1.98. The number of hydrogen-bond acceptors (Lipinski definition) is 4. The third kappa shape index (κ3) is 1.65. The Balaban J connectivity index is 2.58. The van der Waals surface area contributed by atoms with Gasteiger partial charge in [0.05, 0.1) is 6.20 Å². The molecular weight excluding hydrogens is 197 g/mol. The van der Waals surface area contributed by atoms with E-state index >= 15 is 0 Å². The highest BCUT2D eigenvalue weighted by Gasteiger charge is 2.12. The molecule has 0 aromatic carbocycles. The van der Waals surface area contributed by atoms with Crippen molar-refractivity contribution in [3.63, 3.8) is 0 Å². The first-order valence-electron chi connectivity index (χ1n) is 4.52. The van der Waals surface area contributed by atoms with E-state index < -0.39 is 5.82 Å². The molecule has 0 spiro atoms. The molecule has 2 aromatic heterocycles. The quantitative estimate of drug-likeness (QED) is 0.800. The normalized spacial score (nSPS) is 10.5. The van der Waals surface area contributed by atoms with E-state index in [2.05, 4.69) is 15.0 Å². The average molecular weight is 207 g/mol. The SMILES string of the molecule is CCn1ccnc1-c1nc(N)ncc1F. The Labute approximate surface area is 85.8 Å². The molecule has 2 heterocycles. The largest absolute Gasteiger partial charge is 0.368 e. The summed E-state index contributed by atoms with van der Waals surface area (Å²) in [4.78, 5) is 11.4. The fraction of sp³-hybridized carbons (Fsp3) is 0.222. The number of nitrogens with two attached hydrogens (primary N) is 1. The first-order chi connectivity index (χ1) is 7.22. The van der Waals surface area contributed by atoms with Crippen LogP contribution in [0.4, 0.5) is 10.3 Å². The first-order valence-corrected chi connectivity index (χ1v) is 4.52. The summed E-state index contributed by atoms with van der Waals surface area (Å²) in [5, 5.41) is 0. The van der Waals surface area contributed by atoms with Crippen LogP contribution in [0.1, 0.15) is 6.92 Å². The lowest BCUT2D eigenvalue weighted by Crippen LogP contribution is -2.03. The molecule has 2 rings (SSSR count). The number of nitrogen functional groups attached to an aromatic ring is 1. The van der Waals surface area contributed by atoms with Crippen molar-refractivity contribution in [1.29, 1.82) is 0 Å². The van der Waals surface area contributed by atoms with Crippen LogP contribution >= 0.6 is 0 Å². The van der Waals surface area contributed by atoms with Crippen molar-refractivity contribution in [3.8, 4) is 11.5 Å². The lowest BCUT2D eigenvalue weighted by atomic mass is 10.3. The predicted molar refractivity (Wildman–Crippen MR) is 53.3 cm³/mol. The van der Waals surface area contributed by atoms with Crippen molar-refractivity contribution in [2.75, 3.05) is 5.73 Å². The average Bonchev–Trinajstić information content (AvgIpc) is 2.69. The highest BCUT2D eigenvalue weighted by atomic mass is 19.1. The molecular formula is C9H10FN5. The van der Waals surface area contributed by atoms with Crippen LogP contribution in [0.2, 0.25) is 0 Å². The number of aromatic nitrogens is 4. The highest BCUT2D eigenvalue weighted by molar-refractivity contribution is 5.51. The van der Waals surface area contributed by atoms with Crippen molar-refractivity contribution < 1.29 is 4.39 Å². The van der Waals surface area contributed by atoms with Crippen LogP contribution in [0, 0.1) is 5.82 Å². The minimum atomic E-state index is -0.523. The van der Waals surface area contributed by atoms with Gasteiger partial charge in [-0.05, 0) is 6.92 Å². The van der Waals surface area contributed by atoms with Gasteiger partial charge in [0.15, 0.2) is 11.6 Å². The summed E-state index contributed by atoms with van der Waals surface area (Å²) < 4.78 is 15.2. The van der Waals surface area contributed by atoms with Gasteiger partial charge in [0.2, 0.25) is 5.95 Å². The Morgan fingerprint density at radius 1 is 1.47 bits per heavy atom. The van der Waals surface area contributed by atoms with Crippen molar-refractivity contribution in [3.05, 3.63) is 24.4 Å². The van der Waals surface area contributed by atoms with Crippen molar-refractivity contribution in [2.45, 2.75) is 13.5 Å². The third-order valence-electron chi connectivity index (χ3n) is 2.03. The van der Waals surface area contributed by atoms with E-state index in [1.54, 1.807) is 17.0 Å². The van der Waals surface area contributed by atoms with E-state index in [1.165, 1.54) is 0 Å². The molecule has 2 N–H and O–H groups in total. The number of aryl methyl sites for hydroxylation is 1. The zero-order valence-electron chi connectivity index (χ0n) is 8.18. The second kappa shape index (κ2) is 3.64. The van der Waals surface area contributed by atoms with Gasteiger partial charge < -0.3 is 10.3 Å². The fourth-order valence-corrected chi connectivity index (χ4v) is 1.32. The topological polar surface area (TPSA) is 69.6 Å². The van der Waals surface area contributed by atoms with Crippen molar-refractivity contribution >= 4 is 5.95 Å². The van der Waals surface area contributed by atoms with E-state index in [1.807, 2.05) is 6.92 Å². The molecule has 5 nitrogen and oxygen atoms in total. The molecule has 0 aliphatic rings. The van der Waals surface area contributed by atoms with Gasteiger partial charge in [-0.1, -0.05) is 0 Å². The number of rotatable bonds is 2. The molecule has 0 saturated heterocycles. The number of anilines is 1. The maximum Gasteiger partial charge on any atom is 0.220 e. The second-order valence-corrected chi connectivity index (χ2v) is 2.96. The van der Waals surface area contributed by atoms with Gasteiger partial charge in [0.1, 0.15) is 5.69 Å². The standard InChI is InChI=1S/C9H10FN5/c1-2-15-4-3-12-8(15)7-6(10)5-13-9(11)14-7/h3-5H,2H2,1H3,(H2,11,13,14). The fourth-order valence-electron chi connectivity index (χ4n) is 1.32. The predicted octanol–water partition coefficient (Wildman–Crippen LogP) is 1.08. The maximum atomic E-state index is 13.4. The van der Waals surface area contributed by atoms with Gasteiger partial charge in [-0.3, -0.25) is 0 Å². The molecule has 0 bridgehead atoms. The summed E-state index contributed by atoms with van der Waals surface area (Å²) in [7, 11) is 0. The molecule has 0 atom stereocenters. The first kappa shape index (κ1) is 9.57. The molecule has 0 amide bonds. The van der Waals surface area contributed by atoms with Crippen molar-refractivity contribution in [2.24, 2.45) is 0 Å². The molecule has 0 unspecified atom stereocenters. The summed E-state index contributed by atoms with van der Waals surface area (Å²) in [6.45, 7) is 2.63. The smallest absolute Gasteiger partial charge is 0.220 e. The molecule has 15 heavy (non-hydrogen) atoms. The zero-order chi connectivity index (χ0) is 10.8. The molecule has 0 saturated carbocycles. The van der Waals surface area contributed by atoms with Gasteiger partial charge in [0.25, 0.3) is 0 Å². The lowest BCUT2D eigenvalue weighted by molar-refractivity contribution is 0.614. The van der Waals surface area contributed by atoms with Crippen LogP contribution in [0.15, 0.2) is 18.6 Å². The van der Waals surface area contributed by atoms with Crippen LogP contribution in [0.3, 0.4) is 0 Å². The van der Waals surface area contributed by atoms with Crippen LogP contribution in [-0.4, -0.2) is 19.5 Å². The summed E-state index contributed by atoms with van der Waals surface area (Å²) in [6, 6.07) is 0. The lowest BCUT2D eigenvalue weighted by Gasteiger charge is -2.04. The monoisotopic (exact) mass is 207 g/mol. The molecule has 0 radical (unpaired) electrons. The summed E-state index contributed by atoms with van der Waals surface area (Å²) in [5.41, 5.74) is 5.53. The number of halogens is 1. The van der Waals surface area contributed by atoms with Gasteiger partial charge in [0, 0.05) is 18.9 Å². The van der Waals surface area contributed by atoms with E-state index in [9.17, 15) is 4.39 Å². The number of imidazole rings is 1. The van der Waals surface area contributed by atoms with Crippen LogP contribution in [0.25, 0.3) is 11.5 Å². The zero-order valence-corrected chi connectivity index (χ0v) is 8.18. The Bertz CT molecular complexity index is 479. The van der Waals surface area contributed by atoms with E-state index in [-0.39, 0.29) is 11.6 Å². The number of hydrogen-bond donors (Lipinski definition) is 1. The molecule has 78 valence electrons. The Morgan fingerprint density at radius 3 is 3.00 bits per heavy atom. The molecule has 2 aromatic rings. The molecule has 0 aliphatic heterocycles. The Morgan fingerprint density at radius 2 is 2.27 bits per heavy atom. The maximum absolute atomic E-state index is 13.4. The van der Waals surface area contributed by atoms with Crippen molar-refractivity contribution in [1.82, 2.24) is 19.5 Å². The Kier molecular flexibility index (Phi) is 2.32.